The molecule has 1 atom stereocenters. The van der Waals surface area contributed by atoms with E-state index in [9.17, 15) is 4.79 Å². The fourth-order valence-corrected chi connectivity index (χ4v) is 2.57. The van der Waals surface area contributed by atoms with Gasteiger partial charge >= 0.3 is 35.7 Å². The fraction of sp³-hybridized carbons (Fsp3) is 0.429. The van der Waals surface area contributed by atoms with E-state index in [-0.39, 0.29) is 42.1 Å². The molecule has 0 bridgehead atoms. The third-order valence-electron chi connectivity index (χ3n) is 3.60. The average molecular weight is 365 g/mol. The van der Waals surface area contributed by atoms with Crippen LogP contribution in [0.1, 0.15) is 19.9 Å². The van der Waals surface area contributed by atoms with Crippen LogP contribution in [-0.4, -0.2) is 35.1 Å². The number of hydrogen-bond donors (Lipinski definition) is 0. The predicted molar refractivity (Wildman–Crippen MR) is 91.8 cm³/mol. The molecule has 1 fully saturated rings. The predicted octanol–water partition coefficient (Wildman–Crippen LogP) is 1.12. The van der Waals surface area contributed by atoms with Crippen LogP contribution in [0.2, 0.25) is 0 Å². The summed E-state index contributed by atoms with van der Waals surface area (Å²) in [6.07, 6.45) is 0.962. The standard InChI is InChI=1S/C14H16N6O2.N3.Na/c1-9(2)20-13-4-3-11(5-10(13)6-17-20)19-8-12(7-16-18-15)22-14(19)21;1-3-2;/h3-6,9,12H,7-8H2,1-2H3;;/q;-1;+1/t12-;;/m0../s1. The number of nitrogens with zero attached hydrogens (tertiary/aromatic N) is 9. The van der Waals surface area contributed by atoms with Crippen LogP contribution in [0.25, 0.3) is 37.3 Å². The first kappa shape index (κ1) is 21.6. The van der Waals surface area contributed by atoms with E-state index < -0.39 is 12.2 Å². The number of carbonyl (C=O) groups excluding carboxylic acids is 1. The second kappa shape index (κ2) is 9.91. The van der Waals surface area contributed by atoms with Crippen LogP contribution in [0.3, 0.4) is 0 Å². The van der Waals surface area contributed by atoms with E-state index in [4.69, 9.17) is 21.3 Å². The van der Waals surface area contributed by atoms with E-state index >= 15 is 0 Å². The number of amides is 1. The monoisotopic (exact) mass is 365 g/mol. The molecule has 3 rings (SSSR count). The van der Waals surface area contributed by atoms with Crippen LogP contribution >= 0.6 is 0 Å². The smallest absolute Gasteiger partial charge is 0.444 e. The second-order valence-corrected chi connectivity index (χ2v) is 5.55. The van der Waals surface area contributed by atoms with Crippen molar-refractivity contribution in [1.82, 2.24) is 9.78 Å². The molecule has 2 aromatic rings. The molecule has 0 spiro atoms. The summed E-state index contributed by atoms with van der Waals surface area (Å²) >= 11 is 0. The van der Waals surface area contributed by atoms with Crippen molar-refractivity contribution in [2.24, 2.45) is 5.11 Å². The van der Waals surface area contributed by atoms with E-state index in [1.165, 1.54) is 4.91 Å². The fourth-order valence-electron chi connectivity index (χ4n) is 2.57. The molecular formula is C14H16N9NaO2. The van der Waals surface area contributed by atoms with Crippen molar-refractivity contribution in [1.29, 1.82) is 0 Å². The molecule has 1 aromatic carbocycles. The Hall–Kier alpha value is -2.42. The Balaban J connectivity index is 0.000000791. The van der Waals surface area contributed by atoms with Crippen molar-refractivity contribution < 1.29 is 39.1 Å². The van der Waals surface area contributed by atoms with Gasteiger partial charge in [-0.15, -0.1) is 0 Å². The molecule has 11 nitrogen and oxygen atoms in total. The number of fused-ring (bicyclic) bond motifs is 1. The van der Waals surface area contributed by atoms with E-state index in [1.807, 2.05) is 22.9 Å². The zero-order chi connectivity index (χ0) is 18.4. The molecule has 0 unspecified atom stereocenters. The number of aromatic nitrogens is 2. The normalized spacial score (nSPS) is 15.4. The van der Waals surface area contributed by atoms with Crippen LogP contribution in [0, 0.1) is 0 Å². The Morgan fingerprint density at radius 3 is 2.69 bits per heavy atom. The van der Waals surface area contributed by atoms with E-state index in [0.717, 1.165) is 16.6 Å². The molecule has 1 aliphatic heterocycles. The van der Waals surface area contributed by atoms with Gasteiger partial charge in [-0.1, -0.05) is 5.11 Å². The maximum Gasteiger partial charge on any atom is 1.00 e. The number of ether oxygens (including phenoxy) is 1. The van der Waals surface area contributed by atoms with Gasteiger partial charge < -0.3 is 15.8 Å². The number of carbonyl (C=O) groups is 1. The van der Waals surface area contributed by atoms with Gasteiger partial charge in [0.2, 0.25) is 0 Å². The molecule has 1 aliphatic rings. The number of hydrogen-bond acceptors (Lipinski definition) is 4. The van der Waals surface area contributed by atoms with Crippen molar-refractivity contribution in [3.63, 3.8) is 0 Å². The summed E-state index contributed by atoms with van der Waals surface area (Å²) in [5.74, 6) is 0. The van der Waals surface area contributed by atoms with Crippen LogP contribution < -0.4 is 34.5 Å². The second-order valence-electron chi connectivity index (χ2n) is 5.55. The van der Waals surface area contributed by atoms with Gasteiger partial charge in [-0.3, -0.25) is 14.5 Å². The third kappa shape index (κ3) is 4.81. The van der Waals surface area contributed by atoms with Crippen LogP contribution in [-0.2, 0) is 4.74 Å². The molecule has 1 saturated heterocycles. The van der Waals surface area contributed by atoms with Crippen LogP contribution in [0.5, 0.6) is 0 Å². The summed E-state index contributed by atoms with van der Waals surface area (Å²) in [5.41, 5.74) is 23.6. The van der Waals surface area contributed by atoms with Crippen molar-refractivity contribution >= 4 is 22.7 Å². The van der Waals surface area contributed by atoms with E-state index in [0.29, 0.717) is 6.54 Å². The van der Waals surface area contributed by atoms with Crippen molar-refractivity contribution in [3.05, 3.63) is 50.8 Å². The summed E-state index contributed by atoms with van der Waals surface area (Å²) < 4.78 is 7.12. The Bertz CT molecular complexity index is 853. The molecule has 2 heterocycles. The molecule has 26 heavy (non-hydrogen) atoms. The number of anilines is 1. The Labute approximate surface area is 171 Å². The van der Waals surface area contributed by atoms with Gasteiger partial charge in [0.15, 0.2) is 0 Å². The molecule has 1 amide bonds. The maximum absolute atomic E-state index is 11.9. The first-order chi connectivity index (χ1) is 12.0. The third-order valence-corrected chi connectivity index (χ3v) is 3.60. The minimum absolute atomic E-state index is 0. The summed E-state index contributed by atoms with van der Waals surface area (Å²) in [5, 5.41) is 8.79. The van der Waals surface area contributed by atoms with Crippen LogP contribution in [0.4, 0.5) is 10.5 Å². The van der Waals surface area contributed by atoms with Gasteiger partial charge in [0.1, 0.15) is 6.10 Å². The molecule has 12 heteroatoms. The molecule has 0 N–H and O–H groups in total. The summed E-state index contributed by atoms with van der Waals surface area (Å²) in [6.45, 7) is 4.66. The average Bonchev–Trinajstić information content (AvgIpc) is 3.16. The number of cyclic esters (lactones) is 1. The quantitative estimate of drug-likeness (QED) is 0.345. The molecule has 0 aliphatic carbocycles. The van der Waals surface area contributed by atoms with Crippen molar-refractivity contribution in [2.45, 2.75) is 26.0 Å². The van der Waals surface area contributed by atoms with Gasteiger partial charge in [0.05, 0.1) is 24.8 Å². The van der Waals surface area contributed by atoms with Crippen LogP contribution in [0.15, 0.2) is 29.5 Å². The van der Waals surface area contributed by atoms with Gasteiger partial charge in [0.25, 0.3) is 0 Å². The Morgan fingerprint density at radius 2 is 2.08 bits per heavy atom. The zero-order valence-corrected chi connectivity index (χ0v) is 16.7. The zero-order valence-electron chi connectivity index (χ0n) is 14.7. The number of azide groups is 1. The first-order valence-corrected chi connectivity index (χ1v) is 7.46. The minimum atomic E-state index is -0.422. The number of benzene rings is 1. The molecular weight excluding hydrogens is 349 g/mol. The van der Waals surface area contributed by atoms with Gasteiger partial charge in [-0.2, -0.15) is 5.10 Å². The Kier molecular flexibility index (Phi) is 8.24. The van der Waals surface area contributed by atoms with Crippen molar-refractivity contribution in [3.8, 4) is 0 Å². The van der Waals surface area contributed by atoms with Gasteiger partial charge in [-0.25, -0.2) is 4.79 Å². The van der Waals surface area contributed by atoms with E-state index in [2.05, 4.69) is 29.0 Å². The first-order valence-electron chi connectivity index (χ1n) is 7.46. The summed E-state index contributed by atoms with van der Waals surface area (Å²) in [6, 6.07) is 6.01. The summed E-state index contributed by atoms with van der Waals surface area (Å²) in [7, 11) is 0. The SMILES string of the molecule is CC(C)n1ncc2cc(N3C[C@H](CN=[N+]=[N-])OC3=O)ccc21.[N-]=[N+]=[N-].[Na+]. The van der Waals surface area contributed by atoms with Gasteiger partial charge in [-0.05, 0) is 37.6 Å². The Morgan fingerprint density at radius 1 is 1.38 bits per heavy atom. The largest absolute Gasteiger partial charge is 1.00 e. The molecule has 130 valence electrons. The maximum atomic E-state index is 11.9. The topological polar surface area (TPSA) is 155 Å². The van der Waals surface area contributed by atoms with E-state index in [1.54, 1.807) is 11.1 Å². The summed E-state index contributed by atoms with van der Waals surface area (Å²) in [4.78, 5) is 17.7. The molecule has 0 saturated carbocycles. The molecule has 0 radical (unpaired) electrons. The van der Waals surface area contributed by atoms with Crippen molar-refractivity contribution in [2.75, 3.05) is 18.0 Å². The molecule has 1 aromatic heterocycles. The number of rotatable bonds is 4. The van der Waals surface area contributed by atoms with Gasteiger partial charge in [0, 0.05) is 22.0 Å². The minimum Gasteiger partial charge on any atom is -0.444 e.